The molecule has 2 aromatic carbocycles. The van der Waals surface area contributed by atoms with Crippen LogP contribution in [0.15, 0.2) is 36.4 Å². The third-order valence-corrected chi connectivity index (χ3v) is 3.82. The van der Waals surface area contributed by atoms with Gasteiger partial charge in [0.05, 0.1) is 21.3 Å². The average Bonchev–Trinajstić information content (AvgIpc) is 2.60. The predicted molar refractivity (Wildman–Crippen MR) is 93.1 cm³/mol. The Bertz CT molecular complexity index is 727. The summed E-state index contributed by atoms with van der Waals surface area (Å²) in [6, 6.07) is 11.1. The molecule has 0 aliphatic rings. The molecule has 2 aromatic rings. The summed E-state index contributed by atoms with van der Waals surface area (Å²) < 4.78 is 15.8. The first-order valence-corrected chi connectivity index (χ1v) is 7.61. The molecule has 0 fully saturated rings. The summed E-state index contributed by atoms with van der Waals surface area (Å²) in [4.78, 5) is 14.3. The Balaban J connectivity index is 2.22. The second kappa shape index (κ2) is 7.73. The quantitative estimate of drug-likeness (QED) is 0.816. The molecular weight excluding hydrogens is 306 g/mol. The lowest BCUT2D eigenvalue weighted by molar-refractivity contribution is 0.0783. The molecule has 0 atom stereocenters. The van der Waals surface area contributed by atoms with E-state index >= 15 is 0 Å². The molecule has 0 unspecified atom stereocenters. The number of methoxy groups -OCH3 is 3. The summed E-state index contributed by atoms with van der Waals surface area (Å²) in [5, 5.41) is 0. The van der Waals surface area contributed by atoms with Gasteiger partial charge in [0.25, 0.3) is 5.91 Å². The highest BCUT2D eigenvalue weighted by atomic mass is 16.5. The molecule has 1 amide bonds. The third kappa shape index (κ3) is 3.79. The zero-order chi connectivity index (χ0) is 17.7. The molecule has 0 spiro atoms. The molecule has 5 heteroatoms. The minimum Gasteiger partial charge on any atom is -0.496 e. The molecule has 128 valence electrons. The molecule has 0 saturated carbocycles. The van der Waals surface area contributed by atoms with E-state index in [-0.39, 0.29) is 5.91 Å². The van der Waals surface area contributed by atoms with Crippen molar-refractivity contribution in [1.29, 1.82) is 0 Å². The van der Waals surface area contributed by atoms with Crippen molar-refractivity contribution in [2.75, 3.05) is 28.4 Å². The van der Waals surface area contributed by atoms with Crippen LogP contribution in [0.5, 0.6) is 17.2 Å². The molecular formula is C19H23NO4. The Hall–Kier alpha value is -2.69. The SMILES string of the molecule is COc1ccc(C)cc1CN(C)C(=O)c1ccc(OC)c(OC)c1. The Morgan fingerprint density at radius 2 is 1.54 bits per heavy atom. The van der Waals surface area contributed by atoms with Gasteiger partial charge in [-0.2, -0.15) is 0 Å². The molecule has 0 heterocycles. The van der Waals surface area contributed by atoms with Gasteiger partial charge >= 0.3 is 0 Å². The highest BCUT2D eigenvalue weighted by Crippen LogP contribution is 2.28. The van der Waals surface area contributed by atoms with Gasteiger partial charge in [0.2, 0.25) is 0 Å². The van der Waals surface area contributed by atoms with Crippen LogP contribution in [-0.4, -0.2) is 39.2 Å². The number of hydrogen-bond acceptors (Lipinski definition) is 4. The van der Waals surface area contributed by atoms with Gasteiger partial charge in [-0.05, 0) is 31.2 Å². The van der Waals surface area contributed by atoms with Crippen LogP contribution in [-0.2, 0) is 6.54 Å². The summed E-state index contributed by atoms with van der Waals surface area (Å²) in [6.45, 7) is 2.47. The van der Waals surface area contributed by atoms with Gasteiger partial charge in [0.15, 0.2) is 11.5 Å². The maximum Gasteiger partial charge on any atom is 0.254 e. The van der Waals surface area contributed by atoms with Crippen LogP contribution in [0, 0.1) is 6.92 Å². The summed E-state index contributed by atoms with van der Waals surface area (Å²) in [6.07, 6.45) is 0. The van der Waals surface area contributed by atoms with Crippen LogP contribution >= 0.6 is 0 Å². The monoisotopic (exact) mass is 329 g/mol. The van der Waals surface area contributed by atoms with E-state index in [4.69, 9.17) is 14.2 Å². The number of carbonyl (C=O) groups is 1. The largest absolute Gasteiger partial charge is 0.496 e. The first-order valence-electron chi connectivity index (χ1n) is 7.61. The number of amides is 1. The van der Waals surface area contributed by atoms with Crippen LogP contribution in [0.1, 0.15) is 21.5 Å². The van der Waals surface area contributed by atoms with E-state index < -0.39 is 0 Å². The summed E-state index contributed by atoms with van der Waals surface area (Å²) >= 11 is 0. The number of aryl methyl sites for hydroxylation is 1. The van der Waals surface area contributed by atoms with Crippen molar-refractivity contribution in [2.45, 2.75) is 13.5 Å². The zero-order valence-electron chi connectivity index (χ0n) is 14.8. The third-order valence-electron chi connectivity index (χ3n) is 3.82. The van der Waals surface area contributed by atoms with Crippen LogP contribution < -0.4 is 14.2 Å². The van der Waals surface area contributed by atoms with Gasteiger partial charge in [0.1, 0.15) is 5.75 Å². The van der Waals surface area contributed by atoms with E-state index in [2.05, 4.69) is 0 Å². The highest BCUT2D eigenvalue weighted by molar-refractivity contribution is 5.94. The molecule has 0 saturated heterocycles. The van der Waals surface area contributed by atoms with Gasteiger partial charge in [-0.1, -0.05) is 17.7 Å². The standard InChI is InChI=1S/C19H23NO4/c1-13-6-8-16(22-3)15(10-13)12-20(2)19(21)14-7-9-17(23-4)18(11-14)24-5/h6-11H,12H2,1-5H3. The number of rotatable bonds is 6. The lowest BCUT2D eigenvalue weighted by atomic mass is 10.1. The smallest absolute Gasteiger partial charge is 0.254 e. The average molecular weight is 329 g/mol. The summed E-state index contributed by atoms with van der Waals surface area (Å²) in [5.74, 6) is 1.80. The molecule has 0 aliphatic heterocycles. The molecule has 0 bridgehead atoms. The number of benzene rings is 2. The fourth-order valence-corrected chi connectivity index (χ4v) is 2.55. The first-order chi connectivity index (χ1) is 11.5. The van der Waals surface area contributed by atoms with Crippen LogP contribution in [0.3, 0.4) is 0 Å². The van der Waals surface area contributed by atoms with Crippen molar-refractivity contribution >= 4 is 5.91 Å². The molecule has 5 nitrogen and oxygen atoms in total. The topological polar surface area (TPSA) is 48.0 Å². The molecule has 0 aromatic heterocycles. The second-order valence-corrected chi connectivity index (χ2v) is 5.55. The fourth-order valence-electron chi connectivity index (χ4n) is 2.55. The second-order valence-electron chi connectivity index (χ2n) is 5.55. The van der Waals surface area contributed by atoms with E-state index in [0.29, 0.717) is 23.6 Å². The minimum atomic E-state index is -0.0977. The van der Waals surface area contributed by atoms with Crippen LogP contribution in [0.2, 0.25) is 0 Å². The van der Waals surface area contributed by atoms with Crippen molar-refractivity contribution < 1.29 is 19.0 Å². The maximum atomic E-state index is 12.7. The Morgan fingerprint density at radius 1 is 0.917 bits per heavy atom. The fraction of sp³-hybridized carbons (Fsp3) is 0.316. The lowest BCUT2D eigenvalue weighted by Crippen LogP contribution is -2.26. The van der Waals surface area contributed by atoms with Crippen molar-refractivity contribution in [1.82, 2.24) is 4.90 Å². The van der Waals surface area contributed by atoms with E-state index in [1.165, 1.54) is 0 Å². The van der Waals surface area contributed by atoms with E-state index in [1.807, 2.05) is 25.1 Å². The van der Waals surface area contributed by atoms with E-state index in [0.717, 1.165) is 16.9 Å². The van der Waals surface area contributed by atoms with Crippen molar-refractivity contribution in [3.05, 3.63) is 53.1 Å². The number of carbonyl (C=O) groups excluding carboxylic acids is 1. The van der Waals surface area contributed by atoms with Gasteiger partial charge < -0.3 is 19.1 Å². The molecule has 0 aliphatic carbocycles. The Kier molecular flexibility index (Phi) is 5.68. The van der Waals surface area contributed by atoms with Crippen molar-refractivity contribution in [3.63, 3.8) is 0 Å². The molecule has 0 radical (unpaired) electrons. The van der Waals surface area contributed by atoms with Gasteiger partial charge in [-0.25, -0.2) is 0 Å². The van der Waals surface area contributed by atoms with E-state index in [1.54, 1.807) is 51.5 Å². The first kappa shape index (κ1) is 17.7. The maximum absolute atomic E-state index is 12.7. The Labute approximate surface area is 142 Å². The number of hydrogen-bond donors (Lipinski definition) is 0. The van der Waals surface area contributed by atoms with Crippen molar-refractivity contribution in [2.24, 2.45) is 0 Å². The van der Waals surface area contributed by atoms with Gasteiger partial charge in [-0.15, -0.1) is 0 Å². The van der Waals surface area contributed by atoms with Gasteiger partial charge in [-0.3, -0.25) is 4.79 Å². The number of nitrogens with zero attached hydrogens (tertiary/aromatic N) is 1. The van der Waals surface area contributed by atoms with Crippen molar-refractivity contribution in [3.8, 4) is 17.2 Å². The normalized spacial score (nSPS) is 10.2. The lowest BCUT2D eigenvalue weighted by Gasteiger charge is -2.20. The van der Waals surface area contributed by atoms with Crippen LogP contribution in [0.4, 0.5) is 0 Å². The molecule has 0 N–H and O–H groups in total. The zero-order valence-corrected chi connectivity index (χ0v) is 14.8. The Morgan fingerprint density at radius 3 is 2.17 bits per heavy atom. The highest BCUT2D eigenvalue weighted by Gasteiger charge is 2.16. The summed E-state index contributed by atoms with van der Waals surface area (Å²) in [5.41, 5.74) is 2.63. The van der Waals surface area contributed by atoms with Crippen LogP contribution in [0.25, 0.3) is 0 Å². The summed E-state index contributed by atoms with van der Waals surface area (Å²) in [7, 11) is 6.51. The minimum absolute atomic E-state index is 0.0977. The number of ether oxygens (including phenoxy) is 3. The van der Waals surface area contributed by atoms with Gasteiger partial charge in [0, 0.05) is 24.7 Å². The predicted octanol–water partition coefficient (Wildman–Crippen LogP) is 3.29. The molecule has 24 heavy (non-hydrogen) atoms. The van der Waals surface area contributed by atoms with E-state index in [9.17, 15) is 4.79 Å². The molecule has 2 rings (SSSR count).